The fraction of sp³-hybridized carbons (Fsp3) is 0.321. The van der Waals surface area contributed by atoms with Crippen molar-refractivity contribution in [3.63, 3.8) is 0 Å². The molecule has 1 unspecified atom stereocenters. The van der Waals surface area contributed by atoms with Crippen LogP contribution in [0.25, 0.3) is 0 Å². The zero-order chi connectivity index (χ0) is 22.3. The molecule has 3 aromatic rings. The monoisotopic (exact) mass is 429 g/mol. The number of amides is 1. The van der Waals surface area contributed by atoms with E-state index in [-0.39, 0.29) is 11.9 Å². The van der Waals surface area contributed by atoms with Crippen molar-refractivity contribution in [3.05, 3.63) is 89.5 Å². The first-order valence-electron chi connectivity index (χ1n) is 11.4. The highest BCUT2D eigenvalue weighted by Gasteiger charge is 2.21. The molecule has 1 amide bonds. The predicted molar refractivity (Wildman–Crippen MR) is 127 cm³/mol. The molecule has 1 N–H and O–H groups in total. The van der Waals surface area contributed by atoms with Crippen LogP contribution in [0.4, 0.5) is 0 Å². The molecule has 4 nitrogen and oxygen atoms in total. The van der Waals surface area contributed by atoms with Crippen LogP contribution < -0.4 is 14.8 Å². The molecule has 0 heterocycles. The van der Waals surface area contributed by atoms with E-state index < -0.39 is 0 Å². The minimum absolute atomic E-state index is 0.0105. The molecular formula is C28H31NO3. The molecule has 4 heteroatoms. The molecule has 32 heavy (non-hydrogen) atoms. The van der Waals surface area contributed by atoms with Gasteiger partial charge in [0.15, 0.2) is 0 Å². The van der Waals surface area contributed by atoms with E-state index in [0.717, 1.165) is 48.2 Å². The van der Waals surface area contributed by atoms with Crippen LogP contribution in [0.5, 0.6) is 17.2 Å². The SMILES string of the molecule is CC(=O)NC(C)c1ccc(CCc2ccc(Oc3cccc(OCC4CC4)c3)cc2)cc1. The van der Waals surface area contributed by atoms with Gasteiger partial charge < -0.3 is 14.8 Å². The number of carbonyl (C=O) groups is 1. The first-order chi connectivity index (χ1) is 15.5. The fourth-order valence-corrected chi connectivity index (χ4v) is 3.64. The molecule has 1 aliphatic carbocycles. The third-order valence-electron chi connectivity index (χ3n) is 5.75. The summed E-state index contributed by atoms with van der Waals surface area (Å²) >= 11 is 0. The van der Waals surface area contributed by atoms with Gasteiger partial charge in [-0.15, -0.1) is 0 Å². The summed E-state index contributed by atoms with van der Waals surface area (Å²) in [6.45, 7) is 4.34. The normalized spacial score (nSPS) is 13.9. The number of hydrogen-bond donors (Lipinski definition) is 1. The van der Waals surface area contributed by atoms with Gasteiger partial charge >= 0.3 is 0 Å². The minimum Gasteiger partial charge on any atom is -0.493 e. The Morgan fingerprint density at radius 1 is 0.906 bits per heavy atom. The van der Waals surface area contributed by atoms with Gasteiger partial charge in [-0.25, -0.2) is 0 Å². The van der Waals surface area contributed by atoms with Crippen molar-refractivity contribution < 1.29 is 14.3 Å². The lowest BCUT2D eigenvalue weighted by molar-refractivity contribution is -0.119. The Morgan fingerprint density at radius 2 is 1.53 bits per heavy atom. The minimum atomic E-state index is -0.0105. The van der Waals surface area contributed by atoms with Gasteiger partial charge in [-0.1, -0.05) is 42.5 Å². The Labute approximate surface area is 190 Å². The number of benzene rings is 3. The first-order valence-corrected chi connectivity index (χ1v) is 11.4. The van der Waals surface area contributed by atoms with Gasteiger partial charge in [0.25, 0.3) is 0 Å². The second kappa shape index (κ2) is 10.4. The Morgan fingerprint density at radius 3 is 2.16 bits per heavy atom. The molecule has 0 bridgehead atoms. The number of nitrogens with one attached hydrogen (secondary N) is 1. The van der Waals surface area contributed by atoms with Crippen molar-refractivity contribution in [1.82, 2.24) is 5.32 Å². The second-order valence-electron chi connectivity index (χ2n) is 8.64. The molecule has 0 radical (unpaired) electrons. The second-order valence-corrected chi connectivity index (χ2v) is 8.64. The molecular weight excluding hydrogens is 398 g/mol. The van der Waals surface area contributed by atoms with Crippen LogP contribution in [0.1, 0.15) is 49.4 Å². The van der Waals surface area contributed by atoms with Gasteiger partial charge in [0.2, 0.25) is 5.91 Å². The smallest absolute Gasteiger partial charge is 0.217 e. The fourth-order valence-electron chi connectivity index (χ4n) is 3.64. The highest BCUT2D eigenvalue weighted by atomic mass is 16.5. The van der Waals surface area contributed by atoms with E-state index in [1.807, 2.05) is 43.3 Å². The highest BCUT2D eigenvalue weighted by molar-refractivity contribution is 5.73. The Bertz CT molecular complexity index is 1020. The van der Waals surface area contributed by atoms with Crippen LogP contribution in [-0.2, 0) is 17.6 Å². The average Bonchev–Trinajstić information content (AvgIpc) is 3.62. The number of carbonyl (C=O) groups excluding carboxylic acids is 1. The van der Waals surface area contributed by atoms with Crippen molar-refractivity contribution in [2.24, 2.45) is 5.92 Å². The topological polar surface area (TPSA) is 47.6 Å². The molecule has 166 valence electrons. The van der Waals surface area contributed by atoms with Gasteiger partial charge in [-0.3, -0.25) is 4.79 Å². The largest absolute Gasteiger partial charge is 0.493 e. The zero-order valence-corrected chi connectivity index (χ0v) is 18.8. The van der Waals surface area contributed by atoms with E-state index in [1.165, 1.54) is 24.0 Å². The molecule has 4 rings (SSSR count). The summed E-state index contributed by atoms with van der Waals surface area (Å²) in [6, 6.07) is 24.6. The van der Waals surface area contributed by atoms with Gasteiger partial charge in [0, 0.05) is 13.0 Å². The lowest BCUT2D eigenvalue weighted by Gasteiger charge is -2.13. The van der Waals surface area contributed by atoms with Crippen molar-refractivity contribution in [3.8, 4) is 17.2 Å². The molecule has 1 saturated carbocycles. The number of hydrogen-bond acceptors (Lipinski definition) is 3. The van der Waals surface area contributed by atoms with Crippen LogP contribution in [0, 0.1) is 5.92 Å². The Kier molecular flexibility index (Phi) is 7.10. The summed E-state index contributed by atoms with van der Waals surface area (Å²) in [4.78, 5) is 11.2. The molecule has 0 spiro atoms. The first kappa shape index (κ1) is 21.9. The van der Waals surface area contributed by atoms with Crippen molar-refractivity contribution in [2.45, 2.75) is 45.6 Å². The van der Waals surface area contributed by atoms with E-state index in [0.29, 0.717) is 0 Å². The molecule has 3 aromatic carbocycles. The van der Waals surface area contributed by atoms with E-state index in [4.69, 9.17) is 9.47 Å². The maximum atomic E-state index is 11.2. The van der Waals surface area contributed by atoms with Crippen LogP contribution in [0.2, 0.25) is 0 Å². The molecule has 1 fully saturated rings. The molecule has 0 aromatic heterocycles. The lowest BCUT2D eigenvalue weighted by Crippen LogP contribution is -2.23. The molecule has 1 atom stereocenters. The van der Waals surface area contributed by atoms with Gasteiger partial charge in [-0.05, 0) is 79.5 Å². The maximum Gasteiger partial charge on any atom is 0.217 e. The third-order valence-corrected chi connectivity index (χ3v) is 5.75. The summed E-state index contributed by atoms with van der Waals surface area (Å²) in [5.41, 5.74) is 3.68. The van der Waals surface area contributed by atoms with Gasteiger partial charge in [-0.2, -0.15) is 0 Å². The highest BCUT2D eigenvalue weighted by Crippen LogP contribution is 2.31. The van der Waals surface area contributed by atoms with Crippen LogP contribution in [0.15, 0.2) is 72.8 Å². The summed E-state index contributed by atoms with van der Waals surface area (Å²) in [5.74, 6) is 3.20. The average molecular weight is 430 g/mol. The number of aryl methyl sites for hydroxylation is 2. The predicted octanol–water partition coefficient (Wildman–Crippen LogP) is 6.25. The summed E-state index contributed by atoms with van der Waals surface area (Å²) < 4.78 is 11.9. The molecule has 1 aliphatic rings. The van der Waals surface area contributed by atoms with E-state index in [9.17, 15) is 4.79 Å². The maximum absolute atomic E-state index is 11.2. The summed E-state index contributed by atoms with van der Waals surface area (Å²) in [7, 11) is 0. The zero-order valence-electron chi connectivity index (χ0n) is 18.8. The standard InChI is InChI=1S/C28H31NO3/c1-20(29-21(2)30)25-14-10-22(11-15-25)6-7-23-12-16-26(17-13-23)32-28-5-3-4-27(18-28)31-19-24-8-9-24/h3-5,10-18,20,24H,6-9,19H2,1-2H3,(H,29,30). The Balaban J connectivity index is 1.27. The van der Waals surface area contributed by atoms with Gasteiger partial charge in [0.05, 0.1) is 12.6 Å². The van der Waals surface area contributed by atoms with Crippen LogP contribution in [0.3, 0.4) is 0 Å². The molecule has 0 saturated heterocycles. The van der Waals surface area contributed by atoms with Crippen molar-refractivity contribution >= 4 is 5.91 Å². The Hall–Kier alpha value is -3.27. The molecule has 0 aliphatic heterocycles. The lowest BCUT2D eigenvalue weighted by atomic mass is 10.0. The summed E-state index contributed by atoms with van der Waals surface area (Å²) in [6.07, 6.45) is 4.50. The number of rotatable bonds is 10. The van der Waals surface area contributed by atoms with E-state index in [1.54, 1.807) is 6.92 Å². The third kappa shape index (κ3) is 6.61. The quantitative estimate of drug-likeness (QED) is 0.414. The van der Waals surface area contributed by atoms with E-state index >= 15 is 0 Å². The van der Waals surface area contributed by atoms with Gasteiger partial charge in [0.1, 0.15) is 17.2 Å². The number of ether oxygens (including phenoxy) is 2. The van der Waals surface area contributed by atoms with Crippen molar-refractivity contribution in [2.75, 3.05) is 6.61 Å². The van der Waals surface area contributed by atoms with Crippen LogP contribution >= 0.6 is 0 Å². The van der Waals surface area contributed by atoms with Crippen molar-refractivity contribution in [1.29, 1.82) is 0 Å². The van der Waals surface area contributed by atoms with Crippen LogP contribution in [-0.4, -0.2) is 12.5 Å². The summed E-state index contributed by atoms with van der Waals surface area (Å²) in [5, 5.41) is 2.92. The van der Waals surface area contributed by atoms with E-state index in [2.05, 4.69) is 41.7 Å².